The number of carboxylic acid groups (broad SMARTS) is 1. The van der Waals surface area contributed by atoms with Crippen LogP contribution in [0.25, 0.3) is 0 Å². The van der Waals surface area contributed by atoms with Crippen LogP contribution in [0.3, 0.4) is 0 Å². The number of carbonyl (C=O) groups excluding carboxylic acids is 2. The van der Waals surface area contributed by atoms with Gasteiger partial charge in [0.15, 0.2) is 5.78 Å². The van der Waals surface area contributed by atoms with Crippen molar-refractivity contribution in [3.8, 4) is 0 Å². The van der Waals surface area contributed by atoms with Crippen molar-refractivity contribution in [3.63, 3.8) is 0 Å². The first kappa shape index (κ1) is 16.6. The van der Waals surface area contributed by atoms with Crippen molar-refractivity contribution in [2.75, 3.05) is 13.1 Å². The molecule has 3 unspecified atom stereocenters. The summed E-state index contributed by atoms with van der Waals surface area (Å²) < 4.78 is 0. The van der Waals surface area contributed by atoms with Crippen molar-refractivity contribution in [1.29, 1.82) is 0 Å². The number of likely N-dealkylation sites (tertiary alicyclic amines) is 1. The fourth-order valence-corrected chi connectivity index (χ4v) is 2.74. The SMILES string of the molecule is CC(=O)C(NC(=O)CN1CCC(C)C1C(=O)O)C(C)C. The normalized spacial score (nSPS) is 24.6. The zero-order chi connectivity index (χ0) is 15.4. The van der Waals surface area contributed by atoms with Gasteiger partial charge in [-0.25, -0.2) is 0 Å². The summed E-state index contributed by atoms with van der Waals surface area (Å²) in [4.78, 5) is 36.3. The average molecular weight is 284 g/mol. The molecule has 1 aliphatic heterocycles. The largest absolute Gasteiger partial charge is 0.480 e. The molecule has 3 atom stereocenters. The third-order valence-corrected chi connectivity index (χ3v) is 3.82. The van der Waals surface area contributed by atoms with Gasteiger partial charge in [-0.2, -0.15) is 0 Å². The molecule has 1 heterocycles. The molecule has 6 heteroatoms. The number of nitrogens with one attached hydrogen (secondary N) is 1. The van der Waals surface area contributed by atoms with Gasteiger partial charge in [0.25, 0.3) is 0 Å². The summed E-state index contributed by atoms with van der Waals surface area (Å²) >= 11 is 0. The lowest BCUT2D eigenvalue weighted by molar-refractivity contribution is -0.144. The van der Waals surface area contributed by atoms with Gasteiger partial charge < -0.3 is 10.4 Å². The van der Waals surface area contributed by atoms with E-state index in [0.29, 0.717) is 6.54 Å². The lowest BCUT2D eigenvalue weighted by Crippen LogP contribution is -2.49. The van der Waals surface area contributed by atoms with Gasteiger partial charge in [-0.05, 0) is 31.7 Å². The topological polar surface area (TPSA) is 86.7 Å². The Morgan fingerprint density at radius 3 is 2.40 bits per heavy atom. The second-order valence-electron chi connectivity index (χ2n) is 5.92. The van der Waals surface area contributed by atoms with Gasteiger partial charge in [0.1, 0.15) is 6.04 Å². The van der Waals surface area contributed by atoms with E-state index in [0.717, 1.165) is 6.42 Å². The molecule has 6 nitrogen and oxygen atoms in total. The highest BCUT2D eigenvalue weighted by atomic mass is 16.4. The fourth-order valence-electron chi connectivity index (χ4n) is 2.74. The van der Waals surface area contributed by atoms with E-state index >= 15 is 0 Å². The van der Waals surface area contributed by atoms with Crippen LogP contribution in [0.2, 0.25) is 0 Å². The molecular formula is C14H24N2O4. The molecule has 0 aromatic rings. The third-order valence-electron chi connectivity index (χ3n) is 3.82. The van der Waals surface area contributed by atoms with Gasteiger partial charge in [-0.1, -0.05) is 20.8 Å². The quantitative estimate of drug-likeness (QED) is 0.742. The Morgan fingerprint density at radius 2 is 1.95 bits per heavy atom. The van der Waals surface area contributed by atoms with Gasteiger partial charge in [0, 0.05) is 0 Å². The number of carboxylic acids is 1. The van der Waals surface area contributed by atoms with Crippen LogP contribution in [-0.4, -0.2) is 52.8 Å². The maximum absolute atomic E-state index is 12.0. The Morgan fingerprint density at radius 1 is 1.35 bits per heavy atom. The summed E-state index contributed by atoms with van der Waals surface area (Å²) in [5.74, 6) is -1.22. The first-order valence-electron chi connectivity index (χ1n) is 7.00. The average Bonchev–Trinajstić information content (AvgIpc) is 2.66. The second kappa shape index (κ2) is 6.83. The van der Waals surface area contributed by atoms with Crippen molar-refractivity contribution in [1.82, 2.24) is 10.2 Å². The van der Waals surface area contributed by atoms with Gasteiger partial charge in [0.05, 0.1) is 12.6 Å². The maximum Gasteiger partial charge on any atom is 0.321 e. The molecule has 1 aliphatic rings. The number of amides is 1. The van der Waals surface area contributed by atoms with Crippen molar-refractivity contribution < 1.29 is 19.5 Å². The predicted octanol–water partition coefficient (Wildman–Crippen LogP) is 0.511. The molecule has 1 rings (SSSR count). The minimum Gasteiger partial charge on any atom is -0.480 e. The van der Waals surface area contributed by atoms with Crippen molar-refractivity contribution >= 4 is 17.7 Å². The number of hydrogen-bond donors (Lipinski definition) is 2. The van der Waals surface area contributed by atoms with Crippen LogP contribution in [0.1, 0.15) is 34.1 Å². The molecule has 0 aromatic heterocycles. The van der Waals surface area contributed by atoms with Crippen LogP contribution in [0.4, 0.5) is 0 Å². The minimum atomic E-state index is -0.894. The van der Waals surface area contributed by atoms with Crippen molar-refractivity contribution in [2.24, 2.45) is 11.8 Å². The highest BCUT2D eigenvalue weighted by molar-refractivity contribution is 5.88. The summed E-state index contributed by atoms with van der Waals surface area (Å²) in [6.45, 7) is 7.68. The monoisotopic (exact) mass is 284 g/mol. The summed E-state index contributed by atoms with van der Waals surface area (Å²) in [6, 6.07) is -1.12. The van der Waals surface area contributed by atoms with Crippen LogP contribution in [0.15, 0.2) is 0 Å². The molecule has 0 bridgehead atoms. The van der Waals surface area contributed by atoms with Crippen LogP contribution in [0.5, 0.6) is 0 Å². The Balaban J connectivity index is 2.62. The van der Waals surface area contributed by atoms with Gasteiger partial charge >= 0.3 is 5.97 Å². The number of hydrogen-bond acceptors (Lipinski definition) is 4. The third kappa shape index (κ3) is 4.03. The number of aliphatic carboxylic acids is 1. The first-order chi connectivity index (χ1) is 9.23. The molecule has 114 valence electrons. The van der Waals surface area contributed by atoms with E-state index in [9.17, 15) is 19.5 Å². The van der Waals surface area contributed by atoms with Gasteiger partial charge in [-0.3, -0.25) is 19.3 Å². The summed E-state index contributed by atoms with van der Waals surface area (Å²) in [6.07, 6.45) is 0.768. The predicted molar refractivity (Wildman–Crippen MR) is 74.2 cm³/mol. The lowest BCUT2D eigenvalue weighted by Gasteiger charge is -2.25. The van der Waals surface area contributed by atoms with E-state index in [2.05, 4.69) is 5.32 Å². The molecule has 1 fully saturated rings. The molecule has 1 amide bonds. The number of nitrogens with zero attached hydrogens (tertiary/aromatic N) is 1. The van der Waals surface area contributed by atoms with E-state index < -0.39 is 18.1 Å². The molecular weight excluding hydrogens is 260 g/mol. The maximum atomic E-state index is 12.0. The van der Waals surface area contributed by atoms with Gasteiger partial charge in [0.2, 0.25) is 5.91 Å². The molecule has 0 spiro atoms. The van der Waals surface area contributed by atoms with Crippen molar-refractivity contribution in [2.45, 2.75) is 46.2 Å². The fraction of sp³-hybridized carbons (Fsp3) is 0.786. The first-order valence-corrected chi connectivity index (χ1v) is 7.00. The minimum absolute atomic E-state index is 0.0178. The van der Waals surface area contributed by atoms with Crippen LogP contribution >= 0.6 is 0 Å². The standard InChI is InChI=1S/C14H24N2O4/c1-8(2)12(10(4)17)15-11(18)7-16-6-5-9(3)13(16)14(19)20/h8-9,12-13H,5-7H2,1-4H3,(H,15,18)(H,19,20). The molecule has 0 saturated carbocycles. The molecule has 0 aromatic carbocycles. The Hall–Kier alpha value is -1.43. The second-order valence-corrected chi connectivity index (χ2v) is 5.92. The van der Waals surface area contributed by atoms with E-state index in [1.165, 1.54) is 6.92 Å². The molecule has 1 saturated heterocycles. The summed E-state index contributed by atoms with van der Waals surface area (Å²) in [5, 5.41) is 11.9. The van der Waals surface area contributed by atoms with Crippen molar-refractivity contribution in [3.05, 3.63) is 0 Å². The molecule has 2 N–H and O–H groups in total. The van der Waals surface area contributed by atoms with Crippen LogP contribution < -0.4 is 5.32 Å². The molecule has 0 radical (unpaired) electrons. The summed E-state index contributed by atoms with van der Waals surface area (Å²) in [5.41, 5.74) is 0. The van der Waals surface area contributed by atoms with Gasteiger partial charge in [-0.15, -0.1) is 0 Å². The van der Waals surface area contributed by atoms with E-state index in [1.807, 2.05) is 20.8 Å². The van der Waals surface area contributed by atoms with E-state index in [-0.39, 0.29) is 30.1 Å². The smallest absolute Gasteiger partial charge is 0.321 e. The molecule has 20 heavy (non-hydrogen) atoms. The zero-order valence-electron chi connectivity index (χ0n) is 12.5. The summed E-state index contributed by atoms with van der Waals surface area (Å²) in [7, 11) is 0. The highest BCUT2D eigenvalue weighted by Gasteiger charge is 2.37. The van der Waals surface area contributed by atoms with Crippen LogP contribution in [0, 0.1) is 11.8 Å². The lowest BCUT2D eigenvalue weighted by atomic mass is 10.0. The number of Topliss-reactive ketones (excluding diaryl/α,β-unsaturated/α-hetero) is 1. The van der Waals surface area contributed by atoms with E-state index in [1.54, 1.807) is 4.90 Å². The highest BCUT2D eigenvalue weighted by Crippen LogP contribution is 2.23. The van der Waals surface area contributed by atoms with E-state index in [4.69, 9.17) is 0 Å². The number of rotatable bonds is 6. The number of carbonyl (C=O) groups is 3. The van der Waals surface area contributed by atoms with Crippen LogP contribution in [-0.2, 0) is 14.4 Å². The Labute approximate surface area is 119 Å². The number of ketones is 1. The molecule has 0 aliphatic carbocycles. The zero-order valence-corrected chi connectivity index (χ0v) is 12.5. The Kier molecular flexibility index (Phi) is 5.68. The Bertz CT molecular complexity index is 395.